The Hall–Kier alpha value is -4.27. The highest BCUT2D eigenvalue weighted by atomic mass is 16.7. The fourth-order valence-electron chi connectivity index (χ4n) is 10.3. The number of fused-ring (bicyclic) bond motifs is 2. The highest BCUT2D eigenvalue weighted by Gasteiger charge is 2.65. The summed E-state index contributed by atoms with van der Waals surface area (Å²) < 4.78 is 26.3. The quantitative estimate of drug-likeness (QED) is 0.0315. The van der Waals surface area contributed by atoms with Crippen molar-refractivity contribution in [2.45, 2.75) is 147 Å². The molecular weight excluding hydrogens is 839 g/mol. The van der Waals surface area contributed by atoms with Gasteiger partial charge in [0.2, 0.25) is 11.7 Å². The molecule has 13 heteroatoms. The standard InChI is InChI=1S/C53H79N3O10/c1-4-7-8-9-10-11-12-13-17-26-49(60)56(29-34-62-35-32-59)48-38-46(55-64-6-3)44-36-41(24-18-20-30-57)43(25-19-21-31-58)50-45-37-42(65-52(61)54-39-40-22-15-14-16-23-40)27-28-47(45)66-53(48,51(44)50)63-33-5-2/h5,14-16,22-23,27-28,36-37,41,43,48,50-51,57-59H,2,4,6-13,17-21,24-26,29-35,38-39H2,1,3H3,(H,54,61). The molecule has 4 N–H and O–H groups in total. The van der Waals surface area contributed by atoms with Gasteiger partial charge in [-0.3, -0.25) is 4.79 Å². The first-order chi connectivity index (χ1) is 32.3. The van der Waals surface area contributed by atoms with Crippen LogP contribution in [-0.4, -0.2) is 103 Å². The lowest BCUT2D eigenvalue weighted by Crippen LogP contribution is -2.70. The Morgan fingerprint density at radius 3 is 2.32 bits per heavy atom. The number of rotatable bonds is 32. The molecule has 2 aromatic rings. The van der Waals surface area contributed by atoms with Crippen molar-refractivity contribution in [1.29, 1.82) is 0 Å². The number of carbonyl (C=O) groups excluding carboxylic acids is 2. The number of allylic oxidation sites excluding steroid dienone is 1. The SMILES string of the molecule is C=CCOC12Oc3ccc(OC(=O)NCc4ccccc4)cc3C3C(CCCCO)C(CCCCO)C=C(C(=NOCC)CC1N(CCOCCO)C(=O)CCCCCCCCCCC)C32. The maximum absolute atomic E-state index is 14.9. The lowest BCUT2D eigenvalue weighted by molar-refractivity contribution is -0.258. The van der Waals surface area contributed by atoms with Crippen LogP contribution in [0.4, 0.5) is 4.79 Å². The second-order valence-corrected chi connectivity index (χ2v) is 17.9. The van der Waals surface area contributed by atoms with E-state index in [1.165, 1.54) is 32.1 Å². The van der Waals surface area contributed by atoms with Gasteiger partial charge in [-0.1, -0.05) is 119 Å². The van der Waals surface area contributed by atoms with E-state index in [9.17, 15) is 24.9 Å². The van der Waals surface area contributed by atoms with E-state index in [4.69, 9.17) is 28.9 Å². The van der Waals surface area contributed by atoms with Crippen LogP contribution >= 0.6 is 0 Å². The summed E-state index contributed by atoms with van der Waals surface area (Å²) in [6.07, 6.45) is 18.7. The third-order valence-corrected chi connectivity index (χ3v) is 13.3. The number of aliphatic hydroxyl groups excluding tert-OH is 3. The van der Waals surface area contributed by atoms with Gasteiger partial charge >= 0.3 is 6.09 Å². The van der Waals surface area contributed by atoms with E-state index in [1.54, 1.807) is 12.1 Å². The molecule has 13 nitrogen and oxygen atoms in total. The van der Waals surface area contributed by atoms with Crippen LogP contribution < -0.4 is 14.8 Å². The molecule has 0 saturated heterocycles. The molecule has 3 aliphatic rings. The second-order valence-electron chi connectivity index (χ2n) is 17.9. The van der Waals surface area contributed by atoms with Crippen LogP contribution in [-0.2, 0) is 25.7 Å². The van der Waals surface area contributed by atoms with Crippen LogP contribution in [0.2, 0.25) is 0 Å². The van der Waals surface area contributed by atoms with Gasteiger partial charge in [0.1, 0.15) is 24.1 Å². The first-order valence-electron chi connectivity index (χ1n) is 25.0. The van der Waals surface area contributed by atoms with Gasteiger partial charge in [-0.2, -0.15) is 0 Å². The minimum atomic E-state index is -1.42. The predicted molar refractivity (Wildman–Crippen MR) is 257 cm³/mol. The highest BCUT2D eigenvalue weighted by Crippen LogP contribution is 2.62. The Labute approximate surface area is 393 Å². The molecule has 6 unspecified atom stereocenters. The number of hydrogen-bond acceptors (Lipinski definition) is 11. The summed E-state index contributed by atoms with van der Waals surface area (Å²) in [4.78, 5) is 35.9. The van der Waals surface area contributed by atoms with E-state index in [2.05, 4.69) is 24.9 Å². The van der Waals surface area contributed by atoms with Crippen LogP contribution in [0, 0.1) is 17.8 Å². The van der Waals surface area contributed by atoms with Crippen molar-refractivity contribution < 1.29 is 48.7 Å². The third kappa shape index (κ3) is 14.6. The van der Waals surface area contributed by atoms with E-state index in [0.29, 0.717) is 49.6 Å². The van der Waals surface area contributed by atoms with Crippen molar-refractivity contribution in [3.05, 3.63) is 84.0 Å². The Kier molecular flexibility index (Phi) is 23.0. The zero-order chi connectivity index (χ0) is 47.0. The number of oxime groups is 1. The molecule has 0 radical (unpaired) electrons. The molecule has 2 amide bonds. The maximum Gasteiger partial charge on any atom is 0.412 e. The first-order valence-corrected chi connectivity index (χ1v) is 25.0. The van der Waals surface area contributed by atoms with Gasteiger partial charge in [0.15, 0.2) is 0 Å². The number of aliphatic hydroxyl groups is 3. The van der Waals surface area contributed by atoms with Gasteiger partial charge in [-0.05, 0) is 80.2 Å². The number of nitrogens with zero attached hydrogens (tertiary/aromatic N) is 2. The molecule has 0 bridgehead atoms. The average Bonchev–Trinajstić information content (AvgIpc) is 3.33. The first kappa shape index (κ1) is 52.7. The van der Waals surface area contributed by atoms with Crippen molar-refractivity contribution >= 4 is 17.7 Å². The normalized spacial score (nSPS) is 22.4. The lowest BCUT2D eigenvalue weighted by atomic mass is 9.55. The highest BCUT2D eigenvalue weighted by molar-refractivity contribution is 6.03. The molecule has 6 atom stereocenters. The van der Waals surface area contributed by atoms with Crippen LogP contribution in [0.5, 0.6) is 11.5 Å². The van der Waals surface area contributed by atoms with Crippen molar-refractivity contribution in [1.82, 2.24) is 10.2 Å². The second kappa shape index (κ2) is 28.8. The molecule has 1 saturated carbocycles. The summed E-state index contributed by atoms with van der Waals surface area (Å²) >= 11 is 0. The number of hydrogen-bond donors (Lipinski definition) is 4. The Morgan fingerprint density at radius 1 is 0.894 bits per heavy atom. The third-order valence-electron chi connectivity index (χ3n) is 13.3. The van der Waals surface area contributed by atoms with Crippen LogP contribution in [0.15, 0.2) is 78.0 Å². The maximum atomic E-state index is 14.9. The Bertz CT molecular complexity index is 1820. The van der Waals surface area contributed by atoms with Crippen molar-refractivity contribution in [3.63, 3.8) is 0 Å². The summed E-state index contributed by atoms with van der Waals surface area (Å²) in [6, 6.07) is 14.4. The predicted octanol–water partition coefficient (Wildman–Crippen LogP) is 9.39. The molecule has 5 rings (SSSR count). The fourth-order valence-corrected chi connectivity index (χ4v) is 10.3. The van der Waals surface area contributed by atoms with Crippen molar-refractivity contribution in [2.24, 2.45) is 22.9 Å². The van der Waals surface area contributed by atoms with E-state index < -0.39 is 23.8 Å². The van der Waals surface area contributed by atoms with Crippen LogP contribution in [0.3, 0.4) is 0 Å². The minimum Gasteiger partial charge on any atom is -0.459 e. The van der Waals surface area contributed by atoms with Gasteiger partial charge in [0.25, 0.3) is 0 Å². The van der Waals surface area contributed by atoms with E-state index in [-0.39, 0.29) is 76.3 Å². The molecule has 0 aromatic heterocycles. The summed E-state index contributed by atoms with van der Waals surface area (Å²) in [6.45, 7) is 9.57. The minimum absolute atomic E-state index is 0.00612. The number of ether oxygens (including phenoxy) is 4. The Balaban J connectivity index is 1.61. The summed E-state index contributed by atoms with van der Waals surface area (Å²) in [7, 11) is 0. The van der Waals surface area contributed by atoms with Crippen molar-refractivity contribution in [2.75, 3.05) is 52.8 Å². The molecule has 366 valence electrons. The van der Waals surface area contributed by atoms with E-state index in [0.717, 1.165) is 68.1 Å². The monoisotopic (exact) mass is 918 g/mol. The summed E-state index contributed by atoms with van der Waals surface area (Å²) in [5.41, 5.74) is 3.45. The molecule has 1 aliphatic heterocycles. The number of unbranched alkanes of at least 4 members (excludes halogenated alkanes) is 10. The molecule has 2 aromatic carbocycles. The van der Waals surface area contributed by atoms with Gasteiger partial charge in [-0.25, -0.2) is 4.79 Å². The molecule has 1 fully saturated rings. The number of benzene rings is 2. The smallest absolute Gasteiger partial charge is 0.412 e. The zero-order valence-electron chi connectivity index (χ0n) is 39.8. The van der Waals surface area contributed by atoms with Gasteiger partial charge in [0.05, 0.1) is 38.1 Å². The molecule has 0 spiro atoms. The Morgan fingerprint density at radius 2 is 1.62 bits per heavy atom. The lowest BCUT2D eigenvalue weighted by Gasteiger charge is -2.60. The van der Waals surface area contributed by atoms with Gasteiger partial charge in [-0.15, -0.1) is 6.58 Å². The van der Waals surface area contributed by atoms with Gasteiger partial charge < -0.3 is 49.3 Å². The topological polar surface area (TPSA) is 169 Å². The molecular formula is C53H79N3O10. The number of nitrogens with one attached hydrogen (secondary N) is 1. The zero-order valence-corrected chi connectivity index (χ0v) is 39.8. The van der Waals surface area contributed by atoms with Crippen molar-refractivity contribution in [3.8, 4) is 11.5 Å². The molecule has 1 heterocycles. The van der Waals surface area contributed by atoms with Crippen LogP contribution in [0.1, 0.15) is 140 Å². The van der Waals surface area contributed by atoms with E-state index in [1.807, 2.05) is 54.3 Å². The number of amides is 2. The molecule has 2 aliphatic carbocycles. The number of carbonyl (C=O) groups is 2. The molecule has 66 heavy (non-hydrogen) atoms. The summed E-state index contributed by atoms with van der Waals surface area (Å²) in [5, 5.41) is 37.2. The van der Waals surface area contributed by atoms with Gasteiger partial charge in [0, 0.05) is 50.6 Å². The van der Waals surface area contributed by atoms with Crippen LogP contribution in [0.25, 0.3) is 0 Å². The largest absolute Gasteiger partial charge is 0.459 e. The summed E-state index contributed by atoms with van der Waals surface area (Å²) in [5.74, 6) is -1.25. The fraction of sp³-hybridized carbons (Fsp3) is 0.642. The van der Waals surface area contributed by atoms with E-state index >= 15 is 0 Å². The average molecular weight is 918 g/mol.